The summed E-state index contributed by atoms with van der Waals surface area (Å²) in [7, 11) is 0. The van der Waals surface area contributed by atoms with Crippen LogP contribution >= 0.6 is 0 Å². The van der Waals surface area contributed by atoms with Gasteiger partial charge in [-0.1, -0.05) is 49.8 Å². The van der Waals surface area contributed by atoms with E-state index in [0.29, 0.717) is 5.41 Å². The predicted octanol–water partition coefficient (Wildman–Crippen LogP) is 5.04. The predicted molar refractivity (Wildman–Crippen MR) is 68.9 cm³/mol. The minimum absolute atomic E-state index is 0.298. The highest BCUT2D eigenvalue weighted by atomic mass is 14.2. The smallest absolute Gasteiger partial charge is 0.0140 e. The Balaban J connectivity index is 2.73. The Morgan fingerprint density at radius 3 is 2.73 bits per heavy atom. The molecule has 1 aliphatic carbocycles. The van der Waals surface area contributed by atoms with Crippen molar-refractivity contribution in [1.29, 1.82) is 0 Å². The molecule has 0 spiro atoms. The van der Waals surface area contributed by atoms with Crippen molar-refractivity contribution in [3.8, 4) is 0 Å². The lowest BCUT2D eigenvalue weighted by molar-refractivity contribution is 0.486. The first-order chi connectivity index (χ1) is 6.99. The molecule has 0 amide bonds. The topological polar surface area (TPSA) is 0 Å². The van der Waals surface area contributed by atoms with Gasteiger partial charge in [0.25, 0.3) is 0 Å². The molecule has 0 unspecified atom stereocenters. The molecule has 0 aliphatic heterocycles. The third-order valence-electron chi connectivity index (χ3n) is 3.05. The van der Waals surface area contributed by atoms with Crippen LogP contribution in [0.25, 0.3) is 0 Å². The van der Waals surface area contributed by atoms with Gasteiger partial charge in [-0.25, -0.2) is 0 Å². The lowest BCUT2D eigenvalue weighted by Gasteiger charge is -2.18. The maximum atomic E-state index is 4.12. The van der Waals surface area contributed by atoms with Crippen LogP contribution in [-0.4, -0.2) is 0 Å². The molecule has 0 aromatic heterocycles. The first-order valence-electron chi connectivity index (χ1n) is 5.99. The van der Waals surface area contributed by atoms with E-state index in [-0.39, 0.29) is 0 Å². The van der Waals surface area contributed by atoms with Gasteiger partial charge in [-0.05, 0) is 44.4 Å². The van der Waals surface area contributed by atoms with Crippen molar-refractivity contribution in [1.82, 2.24) is 0 Å². The van der Waals surface area contributed by atoms with Gasteiger partial charge in [0.1, 0.15) is 0 Å². The molecule has 0 heteroatoms. The van der Waals surface area contributed by atoms with E-state index in [0.717, 1.165) is 12.8 Å². The Kier molecular flexibility index (Phi) is 4.38. The zero-order valence-electron chi connectivity index (χ0n) is 10.5. The number of hydrogen-bond donors (Lipinski definition) is 0. The highest BCUT2D eigenvalue weighted by molar-refractivity contribution is 5.10. The molecule has 0 saturated carbocycles. The Labute approximate surface area is 94.8 Å². The molecule has 0 atom stereocenters. The third-order valence-corrected chi connectivity index (χ3v) is 3.05. The van der Waals surface area contributed by atoms with E-state index in [1.54, 1.807) is 0 Å². The van der Waals surface area contributed by atoms with Gasteiger partial charge < -0.3 is 0 Å². The number of rotatable bonds is 0. The average molecular weight is 204 g/mol. The van der Waals surface area contributed by atoms with Crippen LogP contribution in [0.4, 0.5) is 0 Å². The molecule has 1 aliphatic rings. The molecule has 1 rings (SSSR count). The summed E-state index contributed by atoms with van der Waals surface area (Å²) in [6, 6.07) is 0. The summed E-state index contributed by atoms with van der Waals surface area (Å²) in [5.41, 5.74) is 3.20. The maximum absolute atomic E-state index is 4.12. The molecular weight excluding hydrogens is 180 g/mol. The Morgan fingerprint density at radius 2 is 2.00 bits per heavy atom. The van der Waals surface area contributed by atoms with Gasteiger partial charge in [0.2, 0.25) is 0 Å². The summed E-state index contributed by atoms with van der Waals surface area (Å²) in [6.45, 7) is 11.0. The second kappa shape index (κ2) is 5.34. The van der Waals surface area contributed by atoms with Crippen molar-refractivity contribution in [2.75, 3.05) is 0 Å². The van der Waals surface area contributed by atoms with Gasteiger partial charge in [0.15, 0.2) is 0 Å². The van der Waals surface area contributed by atoms with E-state index in [1.165, 1.54) is 30.4 Å². The van der Waals surface area contributed by atoms with E-state index >= 15 is 0 Å². The van der Waals surface area contributed by atoms with Crippen molar-refractivity contribution in [2.24, 2.45) is 5.41 Å². The Morgan fingerprint density at radius 1 is 1.27 bits per heavy atom. The maximum Gasteiger partial charge on any atom is -0.0140 e. The Bertz CT molecular complexity index is 276. The van der Waals surface area contributed by atoms with Gasteiger partial charge in [0.05, 0.1) is 0 Å². The summed E-state index contributed by atoms with van der Waals surface area (Å²) in [4.78, 5) is 0. The van der Waals surface area contributed by atoms with Crippen molar-refractivity contribution in [2.45, 2.75) is 52.9 Å². The van der Waals surface area contributed by atoms with E-state index in [2.05, 4.69) is 45.6 Å². The van der Waals surface area contributed by atoms with Crippen LogP contribution in [0.5, 0.6) is 0 Å². The second-order valence-electron chi connectivity index (χ2n) is 5.45. The minimum Gasteiger partial charge on any atom is -0.0995 e. The highest BCUT2D eigenvalue weighted by Gasteiger charge is 2.12. The highest BCUT2D eigenvalue weighted by Crippen LogP contribution is 2.26. The van der Waals surface area contributed by atoms with E-state index in [1.807, 2.05) is 0 Å². The zero-order chi connectivity index (χ0) is 11.3. The van der Waals surface area contributed by atoms with Gasteiger partial charge >= 0.3 is 0 Å². The van der Waals surface area contributed by atoms with Gasteiger partial charge in [0, 0.05) is 0 Å². The van der Waals surface area contributed by atoms with Crippen molar-refractivity contribution >= 4 is 0 Å². The lowest BCUT2D eigenvalue weighted by Crippen LogP contribution is -2.05. The fraction of sp³-hybridized carbons (Fsp3) is 0.600. The van der Waals surface area contributed by atoms with Crippen LogP contribution in [-0.2, 0) is 0 Å². The molecule has 0 bridgehead atoms. The SMILES string of the molecule is C=C1C/C=C\C(C)(C)C/C=C(\C)CCC1. The van der Waals surface area contributed by atoms with Gasteiger partial charge in [-0.2, -0.15) is 0 Å². The molecule has 0 aromatic rings. The van der Waals surface area contributed by atoms with Gasteiger partial charge in [-0.3, -0.25) is 0 Å². The molecule has 0 saturated heterocycles. The third kappa shape index (κ3) is 5.01. The standard InChI is InChI=1S/C15H24/c1-13-7-5-8-14(2)10-12-15(3,4)11-6-9-13/h6,10-11H,1,5,7-9,12H2,2-4H3/b11-6-,14-10+. The van der Waals surface area contributed by atoms with Crippen molar-refractivity contribution < 1.29 is 0 Å². The minimum atomic E-state index is 0.298. The summed E-state index contributed by atoms with van der Waals surface area (Å²) < 4.78 is 0. The van der Waals surface area contributed by atoms with Crippen LogP contribution in [0, 0.1) is 5.41 Å². The van der Waals surface area contributed by atoms with Crippen LogP contribution in [0.15, 0.2) is 36.0 Å². The summed E-state index contributed by atoms with van der Waals surface area (Å²) in [6.07, 6.45) is 12.9. The fourth-order valence-corrected chi connectivity index (χ4v) is 1.87. The summed E-state index contributed by atoms with van der Waals surface area (Å²) >= 11 is 0. The largest absolute Gasteiger partial charge is 0.0995 e. The molecule has 15 heavy (non-hydrogen) atoms. The molecule has 0 aromatic carbocycles. The number of hydrogen-bond acceptors (Lipinski definition) is 0. The van der Waals surface area contributed by atoms with Crippen molar-refractivity contribution in [3.05, 3.63) is 36.0 Å². The van der Waals surface area contributed by atoms with Crippen LogP contribution in [0.3, 0.4) is 0 Å². The summed E-state index contributed by atoms with van der Waals surface area (Å²) in [5.74, 6) is 0. The van der Waals surface area contributed by atoms with Gasteiger partial charge in [-0.15, -0.1) is 0 Å². The average Bonchev–Trinajstić information content (AvgIpc) is 2.15. The zero-order valence-corrected chi connectivity index (χ0v) is 10.5. The first-order valence-corrected chi connectivity index (χ1v) is 5.99. The monoisotopic (exact) mass is 204 g/mol. The molecule has 0 radical (unpaired) electrons. The quantitative estimate of drug-likeness (QED) is 0.485. The molecule has 0 heterocycles. The fourth-order valence-electron chi connectivity index (χ4n) is 1.87. The van der Waals surface area contributed by atoms with Crippen LogP contribution < -0.4 is 0 Å². The van der Waals surface area contributed by atoms with Crippen LogP contribution in [0.1, 0.15) is 52.9 Å². The molecule has 84 valence electrons. The van der Waals surface area contributed by atoms with Crippen molar-refractivity contribution in [3.63, 3.8) is 0 Å². The number of allylic oxidation sites excluding steroid dienone is 5. The normalized spacial score (nSPS) is 28.7. The van der Waals surface area contributed by atoms with E-state index in [9.17, 15) is 0 Å². The second-order valence-corrected chi connectivity index (χ2v) is 5.45. The molecule has 0 nitrogen and oxygen atoms in total. The van der Waals surface area contributed by atoms with Crippen LogP contribution in [0.2, 0.25) is 0 Å². The lowest BCUT2D eigenvalue weighted by atomic mass is 9.87. The Hall–Kier alpha value is -0.780. The van der Waals surface area contributed by atoms with E-state index < -0.39 is 0 Å². The first kappa shape index (κ1) is 12.3. The summed E-state index contributed by atoms with van der Waals surface area (Å²) in [5, 5.41) is 0. The van der Waals surface area contributed by atoms with E-state index in [4.69, 9.17) is 0 Å². The molecule has 0 fully saturated rings. The molecule has 0 N–H and O–H groups in total. The molecular formula is C15H24.